The van der Waals surface area contributed by atoms with Crippen LogP contribution in [-0.2, 0) is 0 Å². The minimum atomic E-state index is 0.256. The van der Waals surface area contributed by atoms with E-state index in [-0.39, 0.29) is 5.75 Å². The number of hydrogen-bond donors (Lipinski definition) is 1. The SMILES string of the molecule is Brc1ccc2c3ccncc3n3ccnc3c2c1.Cc1cc(C)c(-c2cnc3c4cc(O)ccc4c4ccccc4n23)c(C)c1.Cc1cc(C)c(-c2cnc3c4cc(Oc5ccc6c7ccncc7n7ccnc7c6c5)ccc4c4ccccc4n23)c(C)c1. The van der Waals surface area contributed by atoms with E-state index in [0.29, 0.717) is 0 Å². The molecular formula is C76H55BrN10O2. The van der Waals surface area contributed by atoms with E-state index in [2.05, 4.69) is 216 Å². The van der Waals surface area contributed by atoms with Crippen molar-refractivity contribution in [3.8, 4) is 39.8 Å². The van der Waals surface area contributed by atoms with Crippen LogP contribution in [-0.4, -0.2) is 52.6 Å². The Kier molecular flexibility index (Phi) is 12.5. The maximum atomic E-state index is 10.1. The number of phenols is 1. The molecule has 89 heavy (non-hydrogen) atoms. The summed E-state index contributed by atoms with van der Waals surface area (Å²) in [5.74, 6) is 1.76. The molecule has 0 aliphatic rings. The average molecular weight is 1220 g/mol. The zero-order valence-corrected chi connectivity index (χ0v) is 51.1. The van der Waals surface area contributed by atoms with Gasteiger partial charge < -0.3 is 9.84 Å². The quantitative estimate of drug-likeness (QED) is 0.173. The van der Waals surface area contributed by atoms with Gasteiger partial charge in [0.2, 0.25) is 0 Å². The Morgan fingerprint density at radius 3 is 1.27 bits per heavy atom. The first-order valence-electron chi connectivity index (χ1n) is 29.5. The Morgan fingerprint density at radius 1 is 0.360 bits per heavy atom. The van der Waals surface area contributed by atoms with Crippen molar-refractivity contribution in [3.63, 3.8) is 0 Å². The number of aromatic nitrogens is 10. The zero-order chi connectivity index (χ0) is 60.3. The standard InChI is InChI=1S/C38H27N5O.C24H20N2O.C14H8BrN3/c1-22-16-23(2)36(24(3)17-22)35-21-41-38-32-19-26(8-10-27(32)29-6-4-5-7-33(29)43(35)38)44-25-9-11-28-30-12-13-39-20-34(30)42-15-14-40-37(42)31(28)18-25;1-14-10-15(2)23(16(3)11-14)22-13-25-24-20-12-17(27)8-9-18(20)19-6-4-5-7-21(19)26(22)24;15-9-1-2-10-11-3-4-16-8-13(11)18-6-5-17-14(18)12(10)7-9/h4-21H,1-3H3;4-13,27H,1-3H3;1-8H. The summed E-state index contributed by atoms with van der Waals surface area (Å²) < 4.78 is 16.3. The highest BCUT2D eigenvalue weighted by Crippen LogP contribution is 2.41. The number of aromatic hydroxyl groups is 1. The molecule has 428 valence electrons. The number of hydrogen-bond acceptors (Lipinski definition) is 8. The van der Waals surface area contributed by atoms with Gasteiger partial charge in [-0.15, -0.1) is 0 Å². The number of halogens is 1. The van der Waals surface area contributed by atoms with E-state index >= 15 is 0 Å². The number of aryl methyl sites for hydroxylation is 6. The number of fused-ring (bicyclic) bond motifs is 24. The zero-order valence-electron chi connectivity index (χ0n) is 49.5. The number of para-hydroxylation sites is 2. The number of pyridine rings is 6. The highest BCUT2D eigenvalue weighted by molar-refractivity contribution is 9.10. The van der Waals surface area contributed by atoms with E-state index in [1.807, 2.05) is 92.3 Å². The van der Waals surface area contributed by atoms with Crippen molar-refractivity contribution in [2.45, 2.75) is 41.5 Å². The molecule has 10 aromatic heterocycles. The van der Waals surface area contributed by atoms with Crippen LogP contribution in [0.1, 0.15) is 33.4 Å². The molecule has 0 unspecified atom stereocenters. The van der Waals surface area contributed by atoms with Crippen molar-refractivity contribution >= 4 is 125 Å². The molecule has 0 atom stereocenters. The molecule has 8 aromatic carbocycles. The number of phenolic OH excluding ortho intramolecular Hbond substituents is 1. The summed E-state index contributed by atoms with van der Waals surface area (Å²) in [5.41, 5.74) is 20.1. The summed E-state index contributed by atoms with van der Waals surface area (Å²) >= 11 is 3.52. The molecular weight excluding hydrogens is 1160 g/mol. The van der Waals surface area contributed by atoms with E-state index in [1.165, 1.54) is 60.7 Å². The van der Waals surface area contributed by atoms with E-state index in [1.54, 1.807) is 6.07 Å². The smallest absolute Gasteiger partial charge is 0.145 e. The van der Waals surface area contributed by atoms with Crippen molar-refractivity contribution in [3.05, 3.63) is 258 Å². The lowest BCUT2D eigenvalue weighted by molar-refractivity contribution is 0.476. The first kappa shape index (κ1) is 53.5. The van der Waals surface area contributed by atoms with Gasteiger partial charge in [-0.1, -0.05) is 93.8 Å². The molecule has 18 aromatic rings. The van der Waals surface area contributed by atoms with Gasteiger partial charge in [0.05, 0.1) is 58.2 Å². The summed E-state index contributed by atoms with van der Waals surface area (Å²) in [7, 11) is 0. The summed E-state index contributed by atoms with van der Waals surface area (Å²) in [5, 5.41) is 23.5. The molecule has 0 fully saturated rings. The van der Waals surface area contributed by atoms with Crippen molar-refractivity contribution < 1.29 is 9.84 Å². The average Bonchev–Trinajstić information content (AvgIpc) is 1.86. The maximum absolute atomic E-state index is 10.1. The molecule has 13 heteroatoms. The molecule has 10 heterocycles. The molecule has 1 N–H and O–H groups in total. The van der Waals surface area contributed by atoms with Crippen LogP contribution in [0.5, 0.6) is 17.2 Å². The largest absolute Gasteiger partial charge is 0.508 e. The van der Waals surface area contributed by atoms with Crippen LogP contribution < -0.4 is 4.74 Å². The molecule has 0 radical (unpaired) electrons. The highest BCUT2D eigenvalue weighted by atomic mass is 79.9. The fourth-order valence-electron chi connectivity index (χ4n) is 13.9. The molecule has 0 saturated heterocycles. The minimum Gasteiger partial charge on any atom is -0.508 e. The van der Waals surface area contributed by atoms with Gasteiger partial charge in [0.15, 0.2) is 0 Å². The Morgan fingerprint density at radius 2 is 0.775 bits per heavy atom. The van der Waals surface area contributed by atoms with Crippen LogP contribution in [0.15, 0.2) is 224 Å². The van der Waals surface area contributed by atoms with Gasteiger partial charge in [0.1, 0.15) is 39.8 Å². The molecule has 0 aliphatic heterocycles. The normalized spacial score (nSPS) is 11.8. The second-order valence-corrected chi connectivity index (χ2v) is 24.1. The summed E-state index contributed by atoms with van der Waals surface area (Å²) in [4.78, 5) is 27.4. The van der Waals surface area contributed by atoms with Crippen molar-refractivity contribution in [2.24, 2.45) is 0 Å². The topological polar surface area (TPSA) is 124 Å². The third kappa shape index (κ3) is 8.70. The van der Waals surface area contributed by atoms with Crippen LogP contribution in [0.4, 0.5) is 0 Å². The van der Waals surface area contributed by atoms with E-state index in [0.717, 1.165) is 120 Å². The van der Waals surface area contributed by atoms with Crippen LogP contribution in [0.2, 0.25) is 0 Å². The molecule has 18 rings (SSSR count). The number of rotatable bonds is 4. The third-order valence-electron chi connectivity index (χ3n) is 17.4. The number of nitrogens with zero attached hydrogens (tertiary/aromatic N) is 10. The molecule has 0 spiro atoms. The Labute approximate surface area is 518 Å². The third-order valence-corrected chi connectivity index (χ3v) is 17.9. The molecule has 0 amide bonds. The van der Waals surface area contributed by atoms with Gasteiger partial charge in [-0.05, 0) is 176 Å². The second-order valence-electron chi connectivity index (χ2n) is 23.2. The predicted octanol–water partition coefficient (Wildman–Crippen LogP) is 19.1. The van der Waals surface area contributed by atoms with Crippen LogP contribution in [0.25, 0.3) is 132 Å². The maximum Gasteiger partial charge on any atom is 0.145 e. The van der Waals surface area contributed by atoms with Gasteiger partial charge in [0, 0.05) is 95.9 Å². The second kappa shape index (κ2) is 20.9. The van der Waals surface area contributed by atoms with Gasteiger partial charge in [0.25, 0.3) is 0 Å². The number of ether oxygens (including phenoxy) is 1. The monoisotopic (exact) mass is 1220 g/mol. The highest BCUT2D eigenvalue weighted by Gasteiger charge is 2.21. The minimum absolute atomic E-state index is 0.256. The Hall–Kier alpha value is -11.0. The lowest BCUT2D eigenvalue weighted by Crippen LogP contribution is -1.97. The number of imidazole rings is 4. The Bertz CT molecular complexity index is 5930. The van der Waals surface area contributed by atoms with Crippen LogP contribution in [0, 0.1) is 41.5 Å². The lowest BCUT2D eigenvalue weighted by Gasteiger charge is -2.15. The van der Waals surface area contributed by atoms with E-state index in [4.69, 9.17) is 14.7 Å². The van der Waals surface area contributed by atoms with Gasteiger partial charge >= 0.3 is 0 Å². The first-order valence-corrected chi connectivity index (χ1v) is 30.3. The summed E-state index contributed by atoms with van der Waals surface area (Å²) in [6.07, 6.45) is 19.0. The predicted molar refractivity (Wildman–Crippen MR) is 365 cm³/mol. The van der Waals surface area contributed by atoms with E-state index < -0.39 is 0 Å². The van der Waals surface area contributed by atoms with Crippen LogP contribution >= 0.6 is 15.9 Å². The summed E-state index contributed by atoms with van der Waals surface area (Å²) in [6, 6.07) is 54.3. The first-order chi connectivity index (χ1) is 43.4. The molecule has 0 saturated carbocycles. The molecule has 12 nitrogen and oxygen atoms in total. The summed E-state index contributed by atoms with van der Waals surface area (Å²) in [6.45, 7) is 13.0. The van der Waals surface area contributed by atoms with Crippen molar-refractivity contribution in [1.29, 1.82) is 0 Å². The van der Waals surface area contributed by atoms with Crippen molar-refractivity contribution in [2.75, 3.05) is 0 Å². The van der Waals surface area contributed by atoms with Gasteiger partial charge in [-0.25, -0.2) is 19.9 Å². The van der Waals surface area contributed by atoms with Crippen LogP contribution in [0.3, 0.4) is 0 Å². The van der Waals surface area contributed by atoms with Gasteiger partial charge in [-0.2, -0.15) is 0 Å². The fourth-order valence-corrected chi connectivity index (χ4v) is 14.3. The lowest BCUT2D eigenvalue weighted by atomic mass is 9.97. The molecule has 0 bridgehead atoms. The Balaban J connectivity index is 0.000000119. The number of benzene rings is 8. The van der Waals surface area contributed by atoms with Crippen molar-refractivity contribution in [1.82, 2.24) is 47.5 Å². The van der Waals surface area contributed by atoms with Gasteiger partial charge in [-0.3, -0.25) is 27.6 Å². The molecule has 0 aliphatic carbocycles. The fraction of sp³-hybridized carbons (Fsp3) is 0.0789. The van der Waals surface area contributed by atoms with E-state index in [9.17, 15) is 5.11 Å².